The standard InChI is InChI=1S/C17H19N3O3/c1-23-17(22)15-9-13-14(19-11-18-13)10-20(15)16(21)8-7-12-5-3-2-4-6-12/h2-6,11,15H,7-10H2,1H3,(H,18,19). The van der Waals surface area contributed by atoms with Gasteiger partial charge in [0.15, 0.2) is 0 Å². The van der Waals surface area contributed by atoms with E-state index in [0.717, 1.165) is 17.0 Å². The highest BCUT2D eigenvalue weighted by molar-refractivity contribution is 5.85. The summed E-state index contributed by atoms with van der Waals surface area (Å²) in [5.41, 5.74) is 2.82. The SMILES string of the molecule is COC(=O)C1Cc2nc[nH]c2CN1C(=O)CCc1ccccc1. The van der Waals surface area contributed by atoms with E-state index in [-0.39, 0.29) is 5.91 Å². The van der Waals surface area contributed by atoms with Crippen molar-refractivity contribution in [3.63, 3.8) is 0 Å². The quantitative estimate of drug-likeness (QED) is 0.867. The first-order valence-corrected chi connectivity index (χ1v) is 7.61. The van der Waals surface area contributed by atoms with Gasteiger partial charge in [-0.1, -0.05) is 30.3 Å². The molecule has 1 N–H and O–H groups in total. The molecule has 0 saturated heterocycles. The van der Waals surface area contributed by atoms with Crippen LogP contribution in [0.25, 0.3) is 0 Å². The molecule has 0 bridgehead atoms. The highest BCUT2D eigenvalue weighted by Gasteiger charge is 2.36. The molecule has 23 heavy (non-hydrogen) atoms. The number of rotatable bonds is 4. The van der Waals surface area contributed by atoms with Gasteiger partial charge in [0, 0.05) is 12.8 Å². The van der Waals surface area contributed by atoms with Crippen LogP contribution in [-0.4, -0.2) is 39.9 Å². The minimum absolute atomic E-state index is 0.0514. The molecule has 1 atom stereocenters. The van der Waals surface area contributed by atoms with Crippen molar-refractivity contribution >= 4 is 11.9 Å². The van der Waals surface area contributed by atoms with Crippen LogP contribution < -0.4 is 0 Å². The van der Waals surface area contributed by atoms with E-state index in [9.17, 15) is 9.59 Å². The van der Waals surface area contributed by atoms with Crippen molar-refractivity contribution in [3.05, 3.63) is 53.6 Å². The van der Waals surface area contributed by atoms with E-state index in [1.165, 1.54) is 7.11 Å². The highest BCUT2D eigenvalue weighted by Crippen LogP contribution is 2.22. The van der Waals surface area contributed by atoms with Crippen LogP contribution in [0.4, 0.5) is 0 Å². The molecule has 0 spiro atoms. The molecule has 120 valence electrons. The lowest BCUT2D eigenvalue weighted by atomic mass is 10.0. The Kier molecular flexibility index (Phi) is 4.41. The Morgan fingerprint density at radius 1 is 1.35 bits per heavy atom. The summed E-state index contributed by atoms with van der Waals surface area (Å²) in [6.07, 6.45) is 3.00. The minimum atomic E-state index is -0.598. The minimum Gasteiger partial charge on any atom is -0.467 e. The van der Waals surface area contributed by atoms with E-state index in [1.807, 2.05) is 30.3 Å². The number of nitrogens with one attached hydrogen (secondary N) is 1. The number of aryl methyl sites for hydroxylation is 1. The second-order valence-electron chi connectivity index (χ2n) is 5.58. The number of esters is 1. The van der Waals surface area contributed by atoms with E-state index >= 15 is 0 Å². The third-order valence-electron chi connectivity index (χ3n) is 4.16. The van der Waals surface area contributed by atoms with Crippen molar-refractivity contribution in [2.45, 2.75) is 31.8 Å². The van der Waals surface area contributed by atoms with Gasteiger partial charge in [0.25, 0.3) is 0 Å². The maximum Gasteiger partial charge on any atom is 0.329 e. The molecule has 2 heterocycles. The van der Waals surface area contributed by atoms with Gasteiger partial charge in [-0.3, -0.25) is 4.79 Å². The van der Waals surface area contributed by atoms with Crippen molar-refractivity contribution < 1.29 is 14.3 Å². The lowest BCUT2D eigenvalue weighted by Crippen LogP contribution is -2.49. The number of ether oxygens (including phenoxy) is 1. The smallest absolute Gasteiger partial charge is 0.329 e. The number of imidazole rings is 1. The number of hydrogen-bond acceptors (Lipinski definition) is 4. The lowest BCUT2D eigenvalue weighted by molar-refractivity contribution is -0.154. The number of methoxy groups -OCH3 is 1. The zero-order valence-electron chi connectivity index (χ0n) is 13.0. The summed E-state index contributed by atoms with van der Waals surface area (Å²) in [6.45, 7) is 0.364. The molecular formula is C17H19N3O3. The number of nitrogens with zero attached hydrogens (tertiary/aromatic N) is 2. The predicted octanol–water partition coefficient (Wildman–Crippen LogP) is 1.47. The van der Waals surface area contributed by atoms with E-state index in [4.69, 9.17) is 4.74 Å². The predicted molar refractivity (Wildman–Crippen MR) is 83.4 cm³/mol. The van der Waals surface area contributed by atoms with Gasteiger partial charge in [-0.15, -0.1) is 0 Å². The van der Waals surface area contributed by atoms with Gasteiger partial charge in [0.1, 0.15) is 6.04 Å². The molecule has 1 unspecified atom stereocenters. The summed E-state index contributed by atoms with van der Waals surface area (Å²) in [5.74, 6) is -0.448. The van der Waals surface area contributed by atoms with Gasteiger partial charge in [-0.25, -0.2) is 9.78 Å². The molecule has 0 fully saturated rings. The average molecular weight is 313 g/mol. The molecule has 1 amide bonds. The van der Waals surface area contributed by atoms with E-state index in [2.05, 4.69) is 9.97 Å². The number of carbonyl (C=O) groups is 2. The molecule has 6 nitrogen and oxygen atoms in total. The van der Waals surface area contributed by atoms with Gasteiger partial charge >= 0.3 is 5.97 Å². The van der Waals surface area contributed by atoms with E-state index < -0.39 is 12.0 Å². The first kappa shape index (κ1) is 15.3. The number of fused-ring (bicyclic) bond motifs is 1. The Morgan fingerprint density at radius 3 is 2.87 bits per heavy atom. The second-order valence-corrected chi connectivity index (χ2v) is 5.58. The summed E-state index contributed by atoms with van der Waals surface area (Å²) in [6, 6.07) is 9.24. The fraction of sp³-hybridized carbons (Fsp3) is 0.353. The molecule has 0 aliphatic carbocycles. The Balaban J connectivity index is 1.73. The number of H-pyrrole nitrogens is 1. The van der Waals surface area contributed by atoms with Gasteiger partial charge in [0.05, 0.1) is 31.4 Å². The summed E-state index contributed by atoms with van der Waals surface area (Å²) < 4.78 is 4.85. The molecule has 0 saturated carbocycles. The van der Waals surface area contributed by atoms with Crippen molar-refractivity contribution in [3.8, 4) is 0 Å². The second kappa shape index (κ2) is 6.64. The zero-order chi connectivity index (χ0) is 16.2. The maximum absolute atomic E-state index is 12.6. The monoisotopic (exact) mass is 313 g/mol. The Morgan fingerprint density at radius 2 is 2.13 bits per heavy atom. The van der Waals surface area contributed by atoms with Gasteiger partial charge in [-0.2, -0.15) is 0 Å². The van der Waals surface area contributed by atoms with Crippen molar-refractivity contribution in [1.29, 1.82) is 0 Å². The van der Waals surface area contributed by atoms with Crippen molar-refractivity contribution in [1.82, 2.24) is 14.9 Å². The fourth-order valence-corrected chi connectivity index (χ4v) is 2.88. The van der Waals surface area contributed by atoms with Crippen molar-refractivity contribution in [2.24, 2.45) is 0 Å². The van der Waals surface area contributed by atoms with Crippen LogP contribution in [0.3, 0.4) is 0 Å². The van der Waals surface area contributed by atoms with Crippen LogP contribution in [0.5, 0.6) is 0 Å². The molecule has 1 aliphatic heterocycles. The molecule has 2 aromatic rings. The molecule has 1 aromatic carbocycles. The van der Waals surface area contributed by atoms with Crippen LogP contribution in [-0.2, 0) is 33.7 Å². The van der Waals surface area contributed by atoms with Crippen LogP contribution in [0.2, 0.25) is 0 Å². The molecular weight excluding hydrogens is 294 g/mol. The van der Waals surface area contributed by atoms with Crippen LogP contribution in [0.1, 0.15) is 23.4 Å². The third kappa shape index (κ3) is 3.26. The molecule has 3 rings (SSSR count). The summed E-state index contributed by atoms with van der Waals surface area (Å²) in [7, 11) is 1.34. The van der Waals surface area contributed by atoms with E-state index in [1.54, 1.807) is 11.2 Å². The average Bonchev–Trinajstić information content (AvgIpc) is 3.06. The Bertz CT molecular complexity index is 696. The lowest BCUT2D eigenvalue weighted by Gasteiger charge is -2.33. The molecule has 0 radical (unpaired) electrons. The molecule has 6 heteroatoms. The van der Waals surface area contributed by atoms with Crippen molar-refractivity contribution in [2.75, 3.05) is 7.11 Å². The number of amides is 1. The molecule has 1 aromatic heterocycles. The van der Waals surface area contributed by atoms with Crippen LogP contribution in [0.15, 0.2) is 36.7 Å². The zero-order valence-corrected chi connectivity index (χ0v) is 13.0. The van der Waals surface area contributed by atoms with Crippen LogP contribution >= 0.6 is 0 Å². The van der Waals surface area contributed by atoms with Gasteiger partial charge in [-0.05, 0) is 12.0 Å². The number of hydrogen-bond donors (Lipinski definition) is 1. The van der Waals surface area contributed by atoms with Gasteiger partial charge in [0.2, 0.25) is 5.91 Å². The maximum atomic E-state index is 12.6. The van der Waals surface area contributed by atoms with Gasteiger partial charge < -0.3 is 14.6 Å². The number of aromatic nitrogens is 2. The number of aromatic amines is 1. The Hall–Kier alpha value is -2.63. The first-order chi connectivity index (χ1) is 11.2. The topological polar surface area (TPSA) is 75.3 Å². The normalized spacial score (nSPS) is 16.7. The summed E-state index contributed by atoms with van der Waals surface area (Å²) in [5, 5.41) is 0. The van der Waals surface area contributed by atoms with Crippen LogP contribution in [0, 0.1) is 0 Å². The fourth-order valence-electron chi connectivity index (χ4n) is 2.88. The summed E-state index contributed by atoms with van der Waals surface area (Å²) in [4.78, 5) is 33.5. The summed E-state index contributed by atoms with van der Waals surface area (Å²) >= 11 is 0. The van der Waals surface area contributed by atoms with E-state index in [0.29, 0.717) is 25.8 Å². The number of benzene rings is 1. The largest absolute Gasteiger partial charge is 0.467 e. The Labute approximate surface area is 134 Å². The number of carbonyl (C=O) groups excluding carboxylic acids is 2. The first-order valence-electron chi connectivity index (χ1n) is 7.61. The molecule has 1 aliphatic rings. The highest BCUT2D eigenvalue weighted by atomic mass is 16.5. The third-order valence-corrected chi connectivity index (χ3v) is 4.16.